The van der Waals surface area contributed by atoms with E-state index in [2.05, 4.69) is 0 Å². The average molecular weight is 472 g/mol. The van der Waals surface area contributed by atoms with Gasteiger partial charge in [0.25, 0.3) is 5.56 Å². The molecule has 0 aliphatic carbocycles. The van der Waals surface area contributed by atoms with Gasteiger partial charge in [-0.15, -0.1) is 0 Å². The van der Waals surface area contributed by atoms with E-state index in [0.717, 1.165) is 0 Å². The maximum Gasteiger partial charge on any atom is 0.330 e. The van der Waals surface area contributed by atoms with Gasteiger partial charge in [-0.25, -0.2) is 4.79 Å². The lowest BCUT2D eigenvalue weighted by Crippen LogP contribution is -2.56. The molecule has 1 aliphatic heterocycles. The number of carbonyl (C=O) groups excluding carboxylic acids is 3. The van der Waals surface area contributed by atoms with Crippen molar-refractivity contribution < 1.29 is 38.1 Å². The number of nitrogens with one attached hydrogen (secondary N) is 1. The van der Waals surface area contributed by atoms with E-state index in [1.54, 1.807) is 25.8 Å². The lowest BCUT2D eigenvalue weighted by atomic mass is 9.87. The summed E-state index contributed by atoms with van der Waals surface area (Å²) in [6.45, 7) is 4.65. The van der Waals surface area contributed by atoms with E-state index >= 15 is 0 Å². The fourth-order valence-corrected chi connectivity index (χ4v) is 3.55. The highest BCUT2D eigenvalue weighted by molar-refractivity contribution is 5.89. The van der Waals surface area contributed by atoms with Gasteiger partial charge in [-0.3, -0.25) is 28.7 Å². The fourth-order valence-electron chi connectivity index (χ4n) is 3.55. The third-order valence-corrected chi connectivity index (χ3v) is 5.13. The summed E-state index contributed by atoms with van der Waals surface area (Å²) in [5.41, 5.74) is -5.07. The largest absolute Gasteiger partial charge is 0.463 e. The zero-order chi connectivity index (χ0) is 24.8. The van der Waals surface area contributed by atoms with Gasteiger partial charge >= 0.3 is 17.6 Å². The third kappa shape index (κ3) is 5.74. The smallest absolute Gasteiger partial charge is 0.330 e. The Kier molecular flexibility index (Phi) is 9.06. The number of H-pyrrole nitrogens is 1. The van der Waals surface area contributed by atoms with Gasteiger partial charge in [-0.1, -0.05) is 20.8 Å². The number of hydrogen-bond donors (Lipinski definition) is 2. The van der Waals surface area contributed by atoms with Crippen LogP contribution in [0.5, 0.6) is 0 Å². The quantitative estimate of drug-likeness (QED) is 0.444. The monoisotopic (exact) mass is 472 g/mol. The van der Waals surface area contributed by atoms with E-state index in [1.807, 2.05) is 0 Å². The van der Waals surface area contributed by atoms with E-state index in [0.29, 0.717) is 30.0 Å². The minimum atomic E-state index is -2.62. The normalized spacial score (nSPS) is 24.5. The molecule has 12 heteroatoms. The van der Waals surface area contributed by atoms with E-state index in [1.165, 1.54) is 0 Å². The number of aliphatic hydroxyl groups is 1. The van der Waals surface area contributed by atoms with Crippen molar-refractivity contribution in [1.29, 1.82) is 0 Å². The first-order valence-electron chi connectivity index (χ1n) is 10.9. The molecule has 184 valence electrons. The zero-order valence-corrected chi connectivity index (χ0v) is 18.8. The summed E-state index contributed by atoms with van der Waals surface area (Å²) < 4.78 is 30.7. The second-order valence-corrected chi connectivity index (χ2v) is 7.76. The molecular formula is C21H29FN2O9. The van der Waals surface area contributed by atoms with Crippen LogP contribution in [0.2, 0.25) is 0 Å². The van der Waals surface area contributed by atoms with Gasteiger partial charge in [0.05, 0.1) is 6.20 Å². The number of aromatic nitrogens is 2. The summed E-state index contributed by atoms with van der Waals surface area (Å²) in [6, 6.07) is 0. The summed E-state index contributed by atoms with van der Waals surface area (Å²) >= 11 is 0. The molecule has 1 fully saturated rings. The first-order valence-corrected chi connectivity index (χ1v) is 10.9. The molecule has 1 aromatic heterocycles. The molecule has 0 bridgehead atoms. The van der Waals surface area contributed by atoms with Crippen LogP contribution >= 0.6 is 0 Å². The van der Waals surface area contributed by atoms with Crippen LogP contribution in [0.1, 0.15) is 65.5 Å². The summed E-state index contributed by atoms with van der Waals surface area (Å²) in [5.74, 6) is -3.52. The van der Waals surface area contributed by atoms with E-state index < -0.39 is 65.4 Å². The highest BCUT2D eigenvalue weighted by Gasteiger charge is 2.63. The Labute approximate surface area is 188 Å². The summed E-state index contributed by atoms with van der Waals surface area (Å²) in [4.78, 5) is 62.7. The molecule has 0 radical (unpaired) electrons. The number of aromatic amines is 1. The van der Waals surface area contributed by atoms with Crippen LogP contribution in [-0.2, 0) is 28.6 Å². The highest BCUT2D eigenvalue weighted by Crippen LogP contribution is 2.41. The molecule has 1 aliphatic rings. The Hall–Kier alpha value is -2.86. The van der Waals surface area contributed by atoms with Crippen molar-refractivity contribution in [3.8, 4) is 0 Å². The minimum absolute atomic E-state index is 0.0329. The lowest BCUT2D eigenvalue weighted by molar-refractivity contribution is -0.174. The van der Waals surface area contributed by atoms with Crippen molar-refractivity contribution in [1.82, 2.24) is 9.55 Å². The summed E-state index contributed by atoms with van der Waals surface area (Å²) in [7, 11) is 0. The molecule has 0 unspecified atom stereocenters. The first kappa shape index (κ1) is 26.4. The Morgan fingerprint density at radius 2 is 1.73 bits per heavy atom. The van der Waals surface area contributed by atoms with E-state index in [9.17, 15) is 33.5 Å². The van der Waals surface area contributed by atoms with Gasteiger partial charge in [-0.05, 0) is 19.3 Å². The van der Waals surface area contributed by atoms with Gasteiger partial charge < -0.3 is 19.3 Å². The predicted molar refractivity (Wildman–Crippen MR) is 111 cm³/mol. The number of Topliss-reactive ketones (excluding diaryl/α,β-unsaturated/α-hetero) is 1. The molecule has 2 heterocycles. The van der Waals surface area contributed by atoms with Crippen LogP contribution in [0.25, 0.3) is 0 Å². The van der Waals surface area contributed by atoms with Crippen LogP contribution < -0.4 is 11.2 Å². The van der Waals surface area contributed by atoms with Crippen LogP contribution in [0.15, 0.2) is 15.8 Å². The first-order chi connectivity index (χ1) is 15.6. The molecule has 2 rings (SSSR count). The van der Waals surface area contributed by atoms with Gasteiger partial charge in [0.2, 0.25) is 11.4 Å². The van der Waals surface area contributed by atoms with Crippen molar-refractivity contribution >= 4 is 17.7 Å². The average Bonchev–Trinajstić information content (AvgIpc) is 3.02. The molecular weight excluding hydrogens is 443 g/mol. The number of halogens is 1. The molecule has 4 atom stereocenters. The minimum Gasteiger partial charge on any atom is -0.463 e. The number of esters is 2. The van der Waals surface area contributed by atoms with Crippen LogP contribution in [0.4, 0.5) is 4.39 Å². The Morgan fingerprint density at radius 3 is 2.33 bits per heavy atom. The SMILES string of the molecule is CCCC(=O)OC[C@H]1O[C@@H](n2cc(F)c(=O)[nH]c2=O)[C@@](O)(C(=O)CCC)[C@@H]1OC(=O)CCC. The molecule has 0 spiro atoms. The van der Waals surface area contributed by atoms with Gasteiger partial charge in [-0.2, -0.15) is 4.39 Å². The molecule has 1 saturated heterocycles. The molecule has 1 aromatic rings. The Morgan fingerprint density at radius 1 is 1.12 bits per heavy atom. The highest BCUT2D eigenvalue weighted by atomic mass is 19.1. The fraction of sp³-hybridized carbons (Fsp3) is 0.667. The van der Waals surface area contributed by atoms with Gasteiger partial charge in [0, 0.05) is 19.3 Å². The number of rotatable bonds is 11. The molecule has 33 heavy (non-hydrogen) atoms. The standard InChI is InChI=1S/C21H29FN2O9/c1-4-7-14(25)21(30)17(33-16(27)9-6-3)13(11-31-15(26)8-5-2)32-19(21)24-10-12(22)18(28)23-20(24)29/h10,13,17,19,30H,4-9,11H2,1-3H3,(H,23,28,29)/t13-,17-,19-,21-/m1/s1. The van der Waals surface area contributed by atoms with Crippen molar-refractivity contribution in [2.45, 2.75) is 83.3 Å². The second kappa shape index (κ2) is 11.3. The van der Waals surface area contributed by atoms with Crippen LogP contribution in [0.3, 0.4) is 0 Å². The van der Waals surface area contributed by atoms with E-state index in [-0.39, 0.29) is 19.3 Å². The Balaban J connectivity index is 2.57. The third-order valence-electron chi connectivity index (χ3n) is 5.13. The van der Waals surface area contributed by atoms with Crippen LogP contribution in [-0.4, -0.2) is 56.8 Å². The summed E-state index contributed by atoms with van der Waals surface area (Å²) in [5, 5.41) is 11.5. The topological polar surface area (TPSA) is 154 Å². The summed E-state index contributed by atoms with van der Waals surface area (Å²) in [6.07, 6.45) is -3.26. The maximum atomic E-state index is 14.0. The molecule has 0 saturated carbocycles. The van der Waals surface area contributed by atoms with Crippen molar-refractivity contribution in [2.75, 3.05) is 6.61 Å². The van der Waals surface area contributed by atoms with Gasteiger partial charge in [0.15, 0.2) is 18.1 Å². The van der Waals surface area contributed by atoms with Crippen LogP contribution in [0, 0.1) is 5.82 Å². The molecule has 0 aromatic carbocycles. The van der Waals surface area contributed by atoms with Crippen molar-refractivity contribution in [2.24, 2.45) is 0 Å². The Bertz CT molecular complexity index is 989. The number of hydrogen-bond acceptors (Lipinski definition) is 9. The number of ketones is 1. The van der Waals surface area contributed by atoms with Gasteiger partial charge in [0.1, 0.15) is 12.7 Å². The number of carbonyl (C=O) groups is 3. The van der Waals surface area contributed by atoms with E-state index in [4.69, 9.17) is 14.2 Å². The predicted octanol–water partition coefficient (Wildman–Crippen LogP) is 0.729. The molecule has 11 nitrogen and oxygen atoms in total. The maximum absolute atomic E-state index is 14.0. The second-order valence-electron chi connectivity index (χ2n) is 7.76. The van der Waals surface area contributed by atoms with Crippen molar-refractivity contribution in [3.63, 3.8) is 0 Å². The number of nitrogens with zero attached hydrogens (tertiary/aromatic N) is 1. The zero-order valence-electron chi connectivity index (χ0n) is 18.8. The number of ether oxygens (including phenoxy) is 3. The van der Waals surface area contributed by atoms with Crippen molar-refractivity contribution in [3.05, 3.63) is 32.9 Å². The molecule has 0 amide bonds. The lowest BCUT2D eigenvalue weighted by Gasteiger charge is -2.32. The molecule has 2 N–H and O–H groups in total.